The molecular weight excluding hydrogens is 556 g/mol. The molecule has 0 aromatic rings. The van der Waals surface area contributed by atoms with Crippen molar-refractivity contribution in [1.29, 1.82) is 0 Å². The van der Waals surface area contributed by atoms with Gasteiger partial charge in [0.15, 0.2) is 0 Å². The average molecular weight is 595 g/mol. The van der Waals surface area contributed by atoms with Crippen molar-refractivity contribution >= 4 is 53.7 Å². The number of Topliss-reactive ketones (excluding diaryl/α,β-unsaturated/α-hetero) is 2. The molecule has 3 amide bonds. The molecular formula is C25H38N8O9. The Bertz CT molecular complexity index is 1100. The molecule has 0 heterocycles. The molecule has 0 saturated heterocycles. The monoisotopic (exact) mass is 594 g/mol. The van der Waals surface area contributed by atoms with Crippen LogP contribution < -0.4 is 21.7 Å². The second kappa shape index (κ2) is 20.3. The van der Waals surface area contributed by atoms with Gasteiger partial charge in [0.1, 0.15) is 18.1 Å². The van der Waals surface area contributed by atoms with Crippen molar-refractivity contribution in [2.24, 2.45) is 5.73 Å². The summed E-state index contributed by atoms with van der Waals surface area (Å²) in [6.45, 7) is 5.91. The summed E-state index contributed by atoms with van der Waals surface area (Å²) < 4.78 is 10.2. The Balaban J connectivity index is 5.78. The number of carbonyl (C=O) groups is 7. The minimum absolute atomic E-state index is 0.217. The lowest BCUT2D eigenvalue weighted by atomic mass is 10.0. The number of ketones is 2. The summed E-state index contributed by atoms with van der Waals surface area (Å²) in [5.41, 5.74) is 22.4. The SMILES string of the molecule is CC(C)OC(=O)[C@H](CCC(=O)N[C@@H](CCC(=O)C=[N+]=[N-])C(=O)N[C@@H](CCC(=O)C=[N+]=[N-])C(=O)OC(C)C)NC(=O)CN. The molecule has 0 aromatic carbocycles. The summed E-state index contributed by atoms with van der Waals surface area (Å²) in [5, 5.41) is 7.17. The predicted octanol–water partition coefficient (Wildman–Crippen LogP) is -1.62. The van der Waals surface area contributed by atoms with Gasteiger partial charge in [-0.15, -0.1) is 0 Å². The summed E-state index contributed by atoms with van der Waals surface area (Å²) in [4.78, 5) is 91.5. The number of nitrogens with two attached hydrogens (primary N) is 1. The maximum absolute atomic E-state index is 13.1. The molecule has 0 aliphatic carbocycles. The molecule has 3 atom stereocenters. The first-order chi connectivity index (χ1) is 19.7. The van der Waals surface area contributed by atoms with Crippen LogP contribution in [0.4, 0.5) is 0 Å². The van der Waals surface area contributed by atoms with Gasteiger partial charge in [0, 0.05) is 19.3 Å². The van der Waals surface area contributed by atoms with E-state index in [0.717, 1.165) is 0 Å². The summed E-state index contributed by atoms with van der Waals surface area (Å²) in [6, 6.07) is -3.94. The van der Waals surface area contributed by atoms with Crippen LogP contribution in [0.3, 0.4) is 0 Å². The third-order valence-electron chi connectivity index (χ3n) is 5.18. The predicted molar refractivity (Wildman–Crippen MR) is 144 cm³/mol. The number of rotatable bonds is 20. The lowest BCUT2D eigenvalue weighted by molar-refractivity contribution is -0.152. The normalized spacial score (nSPS) is 12.5. The van der Waals surface area contributed by atoms with Crippen LogP contribution in [0.2, 0.25) is 0 Å². The Morgan fingerprint density at radius 1 is 0.667 bits per heavy atom. The van der Waals surface area contributed by atoms with Gasteiger partial charge in [-0.2, -0.15) is 9.58 Å². The summed E-state index contributed by atoms with van der Waals surface area (Å²) in [7, 11) is 0. The Morgan fingerprint density at radius 2 is 1.07 bits per heavy atom. The maximum Gasteiger partial charge on any atom is 0.328 e. The van der Waals surface area contributed by atoms with Gasteiger partial charge in [0.05, 0.1) is 18.8 Å². The fraction of sp³-hybridized carbons (Fsp3) is 0.640. The first-order valence-electron chi connectivity index (χ1n) is 13.1. The van der Waals surface area contributed by atoms with Gasteiger partial charge in [-0.1, -0.05) is 0 Å². The molecule has 0 saturated carbocycles. The summed E-state index contributed by atoms with van der Waals surface area (Å²) in [6.07, 6.45) is -1.57. The molecule has 0 spiro atoms. The van der Waals surface area contributed by atoms with Gasteiger partial charge in [0.2, 0.25) is 29.3 Å². The maximum atomic E-state index is 13.1. The van der Waals surface area contributed by atoms with Crippen LogP contribution in [0.25, 0.3) is 11.1 Å². The lowest BCUT2D eigenvalue weighted by Gasteiger charge is -2.23. The number of nitrogens with zero attached hydrogens (tertiary/aromatic N) is 4. The van der Waals surface area contributed by atoms with E-state index in [2.05, 4.69) is 25.5 Å². The van der Waals surface area contributed by atoms with Crippen molar-refractivity contribution in [3.05, 3.63) is 11.1 Å². The highest BCUT2D eigenvalue weighted by Gasteiger charge is 2.30. The highest BCUT2D eigenvalue weighted by molar-refractivity contribution is 6.25. The van der Waals surface area contributed by atoms with Crippen molar-refractivity contribution in [2.45, 2.75) is 96.6 Å². The van der Waals surface area contributed by atoms with Crippen LogP contribution in [0.5, 0.6) is 0 Å². The zero-order valence-electron chi connectivity index (χ0n) is 24.0. The van der Waals surface area contributed by atoms with E-state index in [1.165, 1.54) is 0 Å². The molecule has 0 bridgehead atoms. The number of nitrogens with one attached hydrogen (secondary N) is 3. The standard InChI is InChI=1S/C25H38N8O9/c1-14(2)41-24(39)19(32-22(37)11-26)9-10-21(36)31-18(7-5-16(34)12-29-27)23(38)33-20(25(40)42-15(3)4)8-6-17(35)13-30-28/h12-15,18-20H,5-11,26H2,1-4H3,(H,31,36)(H,32,37)(H,33,38)/t18-,19-,20-/m0/s1. The van der Waals surface area contributed by atoms with E-state index >= 15 is 0 Å². The second-order valence-electron chi connectivity index (χ2n) is 9.51. The Morgan fingerprint density at radius 3 is 1.50 bits per heavy atom. The molecule has 0 aromatic heterocycles. The van der Waals surface area contributed by atoms with Crippen molar-refractivity contribution in [3.8, 4) is 0 Å². The average Bonchev–Trinajstić information content (AvgIpc) is 2.90. The molecule has 0 aliphatic rings. The third-order valence-corrected chi connectivity index (χ3v) is 5.18. The van der Waals surface area contributed by atoms with Crippen LogP contribution in [-0.4, -0.2) is 100 Å². The Labute approximate surface area is 242 Å². The number of esters is 2. The van der Waals surface area contributed by atoms with Crippen LogP contribution in [0.1, 0.15) is 66.2 Å². The highest BCUT2D eigenvalue weighted by atomic mass is 16.5. The van der Waals surface area contributed by atoms with Gasteiger partial charge >= 0.3 is 24.4 Å². The molecule has 0 unspecified atom stereocenters. The highest BCUT2D eigenvalue weighted by Crippen LogP contribution is 2.08. The van der Waals surface area contributed by atoms with Gasteiger partial charge in [-0.25, -0.2) is 9.59 Å². The first-order valence-corrected chi connectivity index (χ1v) is 13.1. The smallest absolute Gasteiger partial charge is 0.328 e. The van der Waals surface area contributed by atoms with E-state index in [9.17, 15) is 33.6 Å². The molecule has 17 heteroatoms. The Hall–Kier alpha value is -4.59. The van der Waals surface area contributed by atoms with Crippen molar-refractivity contribution in [1.82, 2.24) is 16.0 Å². The van der Waals surface area contributed by atoms with Crippen LogP contribution in [-0.2, 0) is 43.0 Å². The van der Waals surface area contributed by atoms with E-state index in [1.807, 2.05) is 0 Å². The summed E-state index contributed by atoms with van der Waals surface area (Å²) in [5.74, 6) is -5.30. The van der Waals surface area contributed by atoms with Crippen molar-refractivity contribution < 1.29 is 52.6 Å². The fourth-order valence-electron chi connectivity index (χ4n) is 3.29. The van der Waals surface area contributed by atoms with Crippen molar-refractivity contribution in [2.75, 3.05) is 6.54 Å². The number of hydrogen-bond acceptors (Lipinski definition) is 10. The van der Waals surface area contributed by atoms with Gasteiger partial charge in [0.25, 0.3) is 0 Å². The molecule has 0 aliphatic heterocycles. The van der Waals surface area contributed by atoms with E-state index < -0.39 is 78.1 Å². The molecule has 232 valence electrons. The number of amides is 3. The molecule has 0 fully saturated rings. The van der Waals surface area contributed by atoms with Crippen LogP contribution in [0.15, 0.2) is 0 Å². The molecule has 0 radical (unpaired) electrons. The van der Waals surface area contributed by atoms with Gasteiger partial charge in [-0.05, 0) is 47.0 Å². The van der Waals surface area contributed by atoms with Gasteiger partial charge < -0.3 is 42.2 Å². The molecule has 42 heavy (non-hydrogen) atoms. The zero-order chi connectivity index (χ0) is 32.2. The lowest BCUT2D eigenvalue weighted by Crippen LogP contribution is -2.52. The van der Waals surface area contributed by atoms with E-state index in [1.54, 1.807) is 27.7 Å². The quantitative estimate of drug-likeness (QED) is 0.0541. The van der Waals surface area contributed by atoms with E-state index in [4.69, 9.17) is 26.3 Å². The molecule has 5 N–H and O–H groups in total. The number of ether oxygens (including phenoxy) is 2. The second-order valence-corrected chi connectivity index (χ2v) is 9.51. The first kappa shape index (κ1) is 37.4. The van der Waals surface area contributed by atoms with Gasteiger partial charge in [-0.3, -0.25) is 24.0 Å². The third kappa shape index (κ3) is 16.5. The largest absolute Gasteiger partial charge is 0.461 e. The Kier molecular flexibility index (Phi) is 18.1. The summed E-state index contributed by atoms with van der Waals surface area (Å²) >= 11 is 0. The fourth-order valence-corrected chi connectivity index (χ4v) is 3.29. The minimum Gasteiger partial charge on any atom is -0.461 e. The van der Waals surface area contributed by atoms with E-state index in [-0.39, 0.29) is 38.5 Å². The molecule has 17 nitrogen and oxygen atoms in total. The topological polar surface area (TPSA) is 273 Å². The van der Waals surface area contributed by atoms with Crippen LogP contribution >= 0.6 is 0 Å². The number of carbonyl (C=O) groups excluding carboxylic acids is 7. The zero-order valence-corrected chi connectivity index (χ0v) is 24.0. The van der Waals surface area contributed by atoms with Crippen LogP contribution in [0, 0.1) is 0 Å². The minimum atomic E-state index is -1.39. The van der Waals surface area contributed by atoms with Crippen molar-refractivity contribution in [3.63, 3.8) is 0 Å². The number of hydrogen-bond donors (Lipinski definition) is 4. The molecule has 0 rings (SSSR count). The van der Waals surface area contributed by atoms with E-state index in [0.29, 0.717) is 12.4 Å².